The van der Waals surface area contributed by atoms with Gasteiger partial charge in [-0.25, -0.2) is 4.39 Å². The molecule has 0 fully saturated rings. The number of ether oxygens (including phenoxy) is 1. The second-order valence-corrected chi connectivity index (χ2v) is 4.16. The Morgan fingerprint density at radius 1 is 1.19 bits per heavy atom. The number of carboxylic acid groups (broad SMARTS) is 1. The highest BCUT2D eigenvalue weighted by Gasteiger charge is 2.13. The molecule has 0 radical (unpaired) electrons. The van der Waals surface area contributed by atoms with E-state index in [4.69, 9.17) is 4.74 Å². The van der Waals surface area contributed by atoms with Crippen molar-refractivity contribution in [3.63, 3.8) is 0 Å². The Kier molecular flexibility index (Phi) is 3.84. The van der Waals surface area contributed by atoms with Crippen molar-refractivity contribution in [2.75, 3.05) is 7.11 Å². The minimum absolute atomic E-state index is 0.0472. The van der Waals surface area contributed by atoms with E-state index in [0.29, 0.717) is 5.56 Å². The summed E-state index contributed by atoms with van der Waals surface area (Å²) in [6.07, 6.45) is 0. The van der Waals surface area contributed by atoms with Crippen LogP contribution in [0.2, 0.25) is 0 Å². The van der Waals surface area contributed by atoms with E-state index >= 15 is 0 Å². The van der Waals surface area contributed by atoms with E-state index in [2.05, 4.69) is 0 Å². The summed E-state index contributed by atoms with van der Waals surface area (Å²) in [5, 5.41) is 21.8. The molecular formula is C14H9FNO5-. The third-order valence-corrected chi connectivity index (χ3v) is 2.85. The number of carbonyl (C=O) groups is 1. The van der Waals surface area contributed by atoms with Gasteiger partial charge in [0.15, 0.2) is 11.6 Å². The molecule has 0 aromatic heterocycles. The van der Waals surface area contributed by atoms with Gasteiger partial charge in [0.2, 0.25) is 0 Å². The SMILES string of the molecule is COc1cc(-c2cc(C(=O)[O-])cc([N+](=O)[O-])c2)ccc1F. The van der Waals surface area contributed by atoms with Crippen molar-refractivity contribution in [3.8, 4) is 16.9 Å². The second-order valence-electron chi connectivity index (χ2n) is 4.16. The number of methoxy groups -OCH3 is 1. The van der Waals surface area contributed by atoms with Crippen LogP contribution in [0.5, 0.6) is 5.75 Å². The molecule has 0 saturated heterocycles. The summed E-state index contributed by atoms with van der Waals surface area (Å²) < 4.78 is 18.2. The fourth-order valence-corrected chi connectivity index (χ4v) is 1.84. The van der Waals surface area contributed by atoms with E-state index in [0.717, 1.165) is 12.1 Å². The van der Waals surface area contributed by atoms with Crippen molar-refractivity contribution in [1.82, 2.24) is 0 Å². The average Bonchev–Trinajstić information content (AvgIpc) is 2.47. The van der Waals surface area contributed by atoms with Crippen molar-refractivity contribution in [2.45, 2.75) is 0 Å². The van der Waals surface area contributed by atoms with E-state index in [-0.39, 0.29) is 16.9 Å². The van der Waals surface area contributed by atoms with Crippen LogP contribution >= 0.6 is 0 Å². The van der Waals surface area contributed by atoms with E-state index in [1.807, 2.05) is 0 Å². The first-order valence-corrected chi connectivity index (χ1v) is 5.77. The van der Waals surface area contributed by atoms with Gasteiger partial charge in [0.05, 0.1) is 18.0 Å². The minimum atomic E-state index is -1.53. The number of hydrogen-bond donors (Lipinski definition) is 0. The quantitative estimate of drug-likeness (QED) is 0.632. The lowest BCUT2D eigenvalue weighted by atomic mass is 10.0. The predicted octanol–water partition coefficient (Wildman–Crippen LogP) is 1.77. The Bertz CT molecular complexity index is 697. The summed E-state index contributed by atoms with van der Waals surface area (Å²) in [6, 6.07) is 7.14. The van der Waals surface area contributed by atoms with Gasteiger partial charge in [-0.05, 0) is 29.3 Å². The Balaban J connectivity index is 2.62. The second kappa shape index (κ2) is 5.58. The number of nitrogens with zero attached hydrogens (tertiary/aromatic N) is 1. The maximum Gasteiger partial charge on any atom is 0.270 e. The molecule has 0 aliphatic rings. The third kappa shape index (κ3) is 2.97. The molecule has 0 saturated carbocycles. The van der Waals surface area contributed by atoms with E-state index in [1.54, 1.807) is 0 Å². The Hall–Kier alpha value is -2.96. The number of hydrogen-bond acceptors (Lipinski definition) is 5. The van der Waals surface area contributed by atoms with Gasteiger partial charge in [-0.2, -0.15) is 0 Å². The molecule has 0 N–H and O–H groups in total. The highest BCUT2D eigenvalue weighted by atomic mass is 19.1. The largest absolute Gasteiger partial charge is 0.545 e. The van der Waals surface area contributed by atoms with Crippen LogP contribution in [0.25, 0.3) is 11.1 Å². The molecule has 0 bridgehead atoms. The number of non-ortho nitro benzene ring substituents is 1. The number of halogens is 1. The molecule has 0 aliphatic heterocycles. The van der Waals surface area contributed by atoms with Crippen LogP contribution in [0.15, 0.2) is 36.4 Å². The third-order valence-electron chi connectivity index (χ3n) is 2.85. The van der Waals surface area contributed by atoms with Gasteiger partial charge < -0.3 is 14.6 Å². The Labute approximate surface area is 118 Å². The molecule has 108 valence electrons. The highest BCUT2D eigenvalue weighted by molar-refractivity contribution is 5.89. The van der Waals surface area contributed by atoms with Gasteiger partial charge in [-0.1, -0.05) is 6.07 Å². The van der Waals surface area contributed by atoms with Gasteiger partial charge in [0, 0.05) is 17.7 Å². The fraction of sp³-hybridized carbons (Fsp3) is 0.0714. The monoisotopic (exact) mass is 290 g/mol. The van der Waals surface area contributed by atoms with Crippen LogP contribution in [0.3, 0.4) is 0 Å². The predicted molar refractivity (Wildman–Crippen MR) is 69.4 cm³/mol. The van der Waals surface area contributed by atoms with Crippen LogP contribution in [0, 0.1) is 15.9 Å². The molecule has 2 rings (SSSR count). The first-order valence-electron chi connectivity index (χ1n) is 5.77. The summed E-state index contributed by atoms with van der Waals surface area (Å²) in [5.74, 6) is -2.17. The Morgan fingerprint density at radius 2 is 1.90 bits per heavy atom. The van der Waals surface area contributed by atoms with Crippen molar-refractivity contribution >= 4 is 11.7 Å². The lowest BCUT2D eigenvalue weighted by molar-refractivity contribution is -0.384. The van der Waals surface area contributed by atoms with Gasteiger partial charge >= 0.3 is 0 Å². The summed E-state index contributed by atoms with van der Waals surface area (Å²) in [5.41, 5.74) is -0.0846. The first kappa shape index (κ1) is 14.4. The standard InChI is InChI=1S/C14H10FNO5/c1-21-13-7-8(2-3-12(13)15)9-4-10(14(17)18)6-11(5-9)16(19)20/h2-7H,1H3,(H,17,18)/p-1. The summed E-state index contributed by atoms with van der Waals surface area (Å²) in [6.45, 7) is 0. The van der Waals surface area contributed by atoms with E-state index < -0.39 is 22.4 Å². The number of nitro benzene ring substituents is 1. The molecule has 0 heterocycles. The van der Waals surface area contributed by atoms with Crippen LogP contribution < -0.4 is 9.84 Å². The molecule has 0 aliphatic carbocycles. The number of aromatic carboxylic acids is 1. The fourth-order valence-electron chi connectivity index (χ4n) is 1.84. The molecule has 0 spiro atoms. The molecule has 21 heavy (non-hydrogen) atoms. The van der Waals surface area contributed by atoms with Crippen molar-refractivity contribution in [2.24, 2.45) is 0 Å². The summed E-state index contributed by atoms with van der Waals surface area (Å²) >= 11 is 0. The average molecular weight is 290 g/mol. The number of benzene rings is 2. The van der Waals surface area contributed by atoms with Crippen molar-refractivity contribution in [1.29, 1.82) is 0 Å². The van der Waals surface area contributed by atoms with Gasteiger partial charge in [-0.3, -0.25) is 10.1 Å². The maximum absolute atomic E-state index is 13.4. The van der Waals surface area contributed by atoms with Crippen LogP contribution in [-0.2, 0) is 0 Å². The van der Waals surface area contributed by atoms with Crippen LogP contribution in [-0.4, -0.2) is 18.0 Å². The zero-order valence-electron chi connectivity index (χ0n) is 10.8. The lowest BCUT2D eigenvalue weighted by Crippen LogP contribution is -2.22. The number of rotatable bonds is 4. The molecule has 2 aromatic carbocycles. The maximum atomic E-state index is 13.4. The number of nitro groups is 1. The molecule has 0 amide bonds. The first-order chi connectivity index (χ1) is 9.92. The molecule has 0 atom stereocenters. The zero-order valence-corrected chi connectivity index (χ0v) is 10.8. The number of carboxylic acids is 1. The summed E-state index contributed by atoms with van der Waals surface area (Å²) in [4.78, 5) is 21.1. The van der Waals surface area contributed by atoms with Crippen LogP contribution in [0.4, 0.5) is 10.1 Å². The topological polar surface area (TPSA) is 92.5 Å². The van der Waals surface area contributed by atoms with Crippen LogP contribution in [0.1, 0.15) is 10.4 Å². The lowest BCUT2D eigenvalue weighted by Gasteiger charge is -2.09. The van der Waals surface area contributed by atoms with E-state index in [9.17, 15) is 24.4 Å². The van der Waals surface area contributed by atoms with Crippen molar-refractivity contribution in [3.05, 3.63) is 57.9 Å². The molecule has 0 unspecified atom stereocenters. The van der Waals surface area contributed by atoms with E-state index in [1.165, 1.54) is 31.4 Å². The molecular weight excluding hydrogens is 281 g/mol. The Morgan fingerprint density at radius 3 is 2.48 bits per heavy atom. The smallest absolute Gasteiger partial charge is 0.270 e. The minimum Gasteiger partial charge on any atom is -0.545 e. The number of carbonyl (C=O) groups excluding carboxylic acids is 1. The van der Waals surface area contributed by atoms with Gasteiger partial charge in [0.25, 0.3) is 5.69 Å². The highest BCUT2D eigenvalue weighted by Crippen LogP contribution is 2.29. The van der Waals surface area contributed by atoms with Gasteiger partial charge in [-0.15, -0.1) is 0 Å². The molecule has 2 aromatic rings. The summed E-state index contributed by atoms with van der Waals surface area (Å²) in [7, 11) is 1.28. The normalized spacial score (nSPS) is 10.2. The van der Waals surface area contributed by atoms with Crippen molar-refractivity contribution < 1.29 is 24.0 Å². The zero-order chi connectivity index (χ0) is 15.6. The molecule has 6 nitrogen and oxygen atoms in total. The van der Waals surface area contributed by atoms with Gasteiger partial charge in [0.1, 0.15) is 0 Å². The molecule has 7 heteroatoms.